The van der Waals surface area contributed by atoms with Crippen molar-refractivity contribution in [2.75, 3.05) is 29.6 Å². The summed E-state index contributed by atoms with van der Waals surface area (Å²) in [5.41, 5.74) is 10.2. The Kier molecular flexibility index (Phi) is 7.83. The Morgan fingerprint density at radius 3 is 2.67 bits per heavy atom. The summed E-state index contributed by atoms with van der Waals surface area (Å²) in [6, 6.07) is 11.2. The van der Waals surface area contributed by atoms with Crippen LogP contribution in [0.3, 0.4) is 0 Å². The van der Waals surface area contributed by atoms with Crippen LogP contribution in [-0.2, 0) is 4.79 Å². The van der Waals surface area contributed by atoms with Crippen molar-refractivity contribution in [3.05, 3.63) is 71.9 Å². The smallest absolute Gasteiger partial charge is 0.256 e. The molecule has 2 amide bonds. The van der Waals surface area contributed by atoms with Gasteiger partial charge in [-0.15, -0.1) is 0 Å². The molecule has 202 valence electrons. The number of nitrogen functional groups attached to an aromatic ring is 1. The zero-order valence-electron chi connectivity index (χ0n) is 22.4. The third kappa shape index (κ3) is 5.61. The molecule has 4 aromatic rings. The third-order valence-electron chi connectivity index (χ3n) is 7.28. The van der Waals surface area contributed by atoms with Gasteiger partial charge in [0.05, 0.1) is 0 Å². The van der Waals surface area contributed by atoms with E-state index >= 15 is 0 Å². The van der Waals surface area contributed by atoms with Gasteiger partial charge in [-0.25, -0.2) is 15.0 Å². The molecule has 10 heteroatoms. The molecule has 0 saturated carbocycles. The number of likely N-dealkylation sites (tertiary alicyclic amines) is 1. The van der Waals surface area contributed by atoms with Crippen LogP contribution in [0.15, 0.2) is 55.0 Å². The predicted octanol–water partition coefficient (Wildman–Crippen LogP) is 4.78. The Bertz CT molecular complexity index is 1500. The van der Waals surface area contributed by atoms with Crippen molar-refractivity contribution in [1.29, 1.82) is 0 Å². The number of thioether (sulfide) groups is 1. The summed E-state index contributed by atoms with van der Waals surface area (Å²) in [6.07, 6.45) is 9.64. The van der Waals surface area contributed by atoms with E-state index in [0.29, 0.717) is 35.9 Å². The lowest BCUT2D eigenvalue weighted by Crippen LogP contribution is -2.45. The molecule has 2 atom stereocenters. The van der Waals surface area contributed by atoms with E-state index < -0.39 is 0 Å². The SMILES string of the molecule is CSCCC(=O)N1C[C@H](c2nc(-c3ccc(C(=O)Nc4cc(C)ccn4)cc3)c3c(N)nccn23)CC[C@@H]1C. The molecular weight excluding hydrogens is 510 g/mol. The van der Waals surface area contributed by atoms with Crippen LogP contribution in [0.25, 0.3) is 16.8 Å². The number of nitrogens with one attached hydrogen (secondary N) is 1. The highest BCUT2D eigenvalue weighted by Crippen LogP contribution is 2.35. The summed E-state index contributed by atoms with van der Waals surface area (Å²) in [7, 11) is 0. The largest absolute Gasteiger partial charge is 0.382 e. The first-order chi connectivity index (χ1) is 18.9. The molecule has 0 spiro atoms. The number of amides is 2. The Morgan fingerprint density at radius 2 is 1.92 bits per heavy atom. The molecule has 5 rings (SSSR count). The molecular formula is C29H33N7O2S. The first kappa shape index (κ1) is 26.7. The molecule has 1 aliphatic heterocycles. The van der Waals surface area contributed by atoms with E-state index in [4.69, 9.17) is 10.7 Å². The van der Waals surface area contributed by atoms with Crippen LogP contribution in [0.5, 0.6) is 0 Å². The van der Waals surface area contributed by atoms with Gasteiger partial charge >= 0.3 is 0 Å². The number of rotatable bonds is 7. The van der Waals surface area contributed by atoms with Crippen molar-refractivity contribution in [3.63, 3.8) is 0 Å². The van der Waals surface area contributed by atoms with Gasteiger partial charge in [0.2, 0.25) is 5.91 Å². The van der Waals surface area contributed by atoms with E-state index in [0.717, 1.165) is 41.1 Å². The Morgan fingerprint density at radius 1 is 1.13 bits per heavy atom. The number of benzene rings is 1. The number of anilines is 2. The first-order valence-corrected chi connectivity index (χ1v) is 14.5. The second kappa shape index (κ2) is 11.4. The topological polar surface area (TPSA) is 119 Å². The maximum atomic E-state index is 12.9. The summed E-state index contributed by atoms with van der Waals surface area (Å²) < 4.78 is 2.01. The molecule has 1 saturated heterocycles. The van der Waals surface area contributed by atoms with Gasteiger partial charge in [0.1, 0.15) is 28.7 Å². The zero-order valence-corrected chi connectivity index (χ0v) is 23.2. The average molecular weight is 544 g/mol. The number of pyridine rings is 1. The second-order valence-electron chi connectivity index (χ2n) is 10.0. The standard InChI is InChI=1S/C29H33N7O2S/c1-18-10-12-31-23(16-18)33-29(38)21-8-6-20(7-9-21)25-26-27(30)32-13-14-35(26)28(34-25)22-5-4-19(2)36(17-22)24(37)11-15-39-3/h6-10,12-14,16,19,22H,4-5,11,15,17H2,1-3H3,(H2,30,32)(H,31,33,38)/t19-,22+/m0/s1. The average Bonchev–Trinajstić information content (AvgIpc) is 3.33. The molecule has 4 heterocycles. The maximum absolute atomic E-state index is 12.9. The van der Waals surface area contributed by atoms with Crippen molar-refractivity contribution in [3.8, 4) is 11.3 Å². The number of carbonyl (C=O) groups is 2. The highest BCUT2D eigenvalue weighted by molar-refractivity contribution is 7.98. The highest BCUT2D eigenvalue weighted by atomic mass is 32.2. The lowest BCUT2D eigenvalue weighted by molar-refractivity contribution is -0.134. The van der Waals surface area contributed by atoms with E-state index in [-0.39, 0.29) is 23.8 Å². The van der Waals surface area contributed by atoms with Gasteiger partial charge in [-0.2, -0.15) is 11.8 Å². The molecule has 0 unspecified atom stereocenters. The second-order valence-corrected chi connectivity index (χ2v) is 11.0. The molecule has 1 aromatic carbocycles. The Balaban J connectivity index is 1.43. The quantitative estimate of drug-likeness (QED) is 0.344. The lowest BCUT2D eigenvalue weighted by atomic mass is 9.92. The number of hydrogen-bond acceptors (Lipinski definition) is 7. The minimum atomic E-state index is -0.237. The maximum Gasteiger partial charge on any atom is 0.256 e. The summed E-state index contributed by atoms with van der Waals surface area (Å²) >= 11 is 1.69. The molecule has 0 radical (unpaired) electrons. The Labute approximate surface area is 232 Å². The minimum absolute atomic E-state index is 0.0781. The summed E-state index contributed by atoms with van der Waals surface area (Å²) in [5, 5.41) is 2.84. The van der Waals surface area contributed by atoms with Crippen LogP contribution >= 0.6 is 11.8 Å². The lowest BCUT2D eigenvalue weighted by Gasteiger charge is -2.37. The van der Waals surface area contributed by atoms with Crippen molar-refractivity contribution in [2.24, 2.45) is 0 Å². The van der Waals surface area contributed by atoms with E-state index in [2.05, 4.69) is 22.2 Å². The van der Waals surface area contributed by atoms with Gasteiger partial charge in [0.15, 0.2) is 0 Å². The number of carbonyl (C=O) groups excluding carboxylic acids is 2. The third-order valence-corrected chi connectivity index (χ3v) is 7.89. The van der Waals surface area contributed by atoms with Crippen molar-refractivity contribution in [1.82, 2.24) is 24.3 Å². The minimum Gasteiger partial charge on any atom is -0.382 e. The van der Waals surface area contributed by atoms with Crippen LogP contribution in [-0.4, -0.2) is 60.7 Å². The molecule has 0 bridgehead atoms. The molecule has 39 heavy (non-hydrogen) atoms. The fourth-order valence-electron chi connectivity index (χ4n) is 5.15. The number of nitrogens with two attached hydrogens (primary N) is 1. The van der Waals surface area contributed by atoms with Crippen LogP contribution in [0, 0.1) is 6.92 Å². The monoisotopic (exact) mass is 543 g/mol. The number of hydrogen-bond donors (Lipinski definition) is 2. The van der Waals surface area contributed by atoms with Gasteiger partial charge in [0, 0.05) is 60.4 Å². The van der Waals surface area contributed by atoms with Gasteiger partial charge in [-0.3, -0.25) is 14.0 Å². The molecule has 1 aliphatic rings. The van der Waals surface area contributed by atoms with Crippen molar-refractivity contribution in [2.45, 2.75) is 45.1 Å². The van der Waals surface area contributed by atoms with Gasteiger partial charge < -0.3 is 16.0 Å². The van der Waals surface area contributed by atoms with Gasteiger partial charge in [0.25, 0.3) is 5.91 Å². The molecule has 3 aromatic heterocycles. The predicted molar refractivity (Wildman–Crippen MR) is 156 cm³/mol. The number of nitrogens with zero attached hydrogens (tertiary/aromatic N) is 5. The van der Waals surface area contributed by atoms with Crippen LogP contribution in [0.4, 0.5) is 11.6 Å². The zero-order chi connectivity index (χ0) is 27.5. The first-order valence-electron chi connectivity index (χ1n) is 13.1. The van der Waals surface area contributed by atoms with E-state index in [1.165, 1.54) is 0 Å². The number of imidazole rings is 1. The van der Waals surface area contributed by atoms with Crippen LogP contribution in [0.2, 0.25) is 0 Å². The summed E-state index contributed by atoms with van der Waals surface area (Å²) in [5.74, 6) is 2.62. The Hall–Kier alpha value is -3.92. The summed E-state index contributed by atoms with van der Waals surface area (Å²) in [4.78, 5) is 41.3. The number of aryl methyl sites for hydroxylation is 1. The van der Waals surface area contributed by atoms with Gasteiger partial charge in [-0.05, 0) is 62.8 Å². The normalized spacial score (nSPS) is 17.4. The summed E-state index contributed by atoms with van der Waals surface area (Å²) in [6.45, 7) is 4.70. The molecule has 9 nitrogen and oxygen atoms in total. The van der Waals surface area contributed by atoms with E-state index in [1.54, 1.807) is 36.3 Å². The van der Waals surface area contributed by atoms with Crippen molar-refractivity contribution < 1.29 is 9.59 Å². The number of fused-ring (bicyclic) bond motifs is 1. The van der Waals surface area contributed by atoms with Crippen LogP contribution < -0.4 is 11.1 Å². The van der Waals surface area contributed by atoms with E-state index in [9.17, 15) is 9.59 Å². The highest BCUT2D eigenvalue weighted by Gasteiger charge is 2.32. The molecule has 0 aliphatic carbocycles. The number of piperidine rings is 1. The molecule has 3 N–H and O–H groups in total. The fourth-order valence-corrected chi connectivity index (χ4v) is 5.53. The molecule has 1 fully saturated rings. The van der Waals surface area contributed by atoms with E-state index in [1.807, 2.05) is 52.9 Å². The fraction of sp³-hybridized carbons (Fsp3) is 0.345. The van der Waals surface area contributed by atoms with Crippen molar-refractivity contribution >= 4 is 40.7 Å². The van der Waals surface area contributed by atoms with Gasteiger partial charge in [-0.1, -0.05) is 12.1 Å². The number of aromatic nitrogens is 4. The van der Waals surface area contributed by atoms with Crippen LogP contribution in [0.1, 0.15) is 53.8 Å².